The van der Waals surface area contributed by atoms with Crippen molar-refractivity contribution in [1.82, 2.24) is 19.4 Å². The van der Waals surface area contributed by atoms with E-state index in [1.165, 1.54) is 17.0 Å². The summed E-state index contributed by atoms with van der Waals surface area (Å²) in [6.07, 6.45) is 6.94. The molecule has 3 aromatic rings. The Morgan fingerprint density at radius 1 is 1.19 bits per heavy atom. The summed E-state index contributed by atoms with van der Waals surface area (Å²) in [5.41, 5.74) is 2.31. The number of morpholine rings is 1. The van der Waals surface area contributed by atoms with E-state index in [1.54, 1.807) is 48.6 Å². The summed E-state index contributed by atoms with van der Waals surface area (Å²) in [5, 5.41) is 3.01. The van der Waals surface area contributed by atoms with Gasteiger partial charge in [0.2, 0.25) is 0 Å². The lowest BCUT2D eigenvalue weighted by Crippen LogP contribution is -2.40. The lowest BCUT2D eigenvalue weighted by atomic mass is 10.0. The fourth-order valence-corrected chi connectivity index (χ4v) is 3.39. The first-order chi connectivity index (χ1) is 15.1. The first kappa shape index (κ1) is 20.4. The van der Waals surface area contributed by atoms with Crippen LogP contribution in [0, 0.1) is 0 Å². The third-order valence-electron chi connectivity index (χ3n) is 5.04. The largest absolute Gasteiger partial charge is 0.378 e. The second-order valence-corrected chi connectivity index (χ2v) is 7.10. The van der Waals surface area contributed by atoms with Crippen molar-refractivity contribution in [3.63, 3.8) is 0 Å². The first-order valence-electron chi connectivity index (χ1n) is 9.77. The minimum Gasteiger partial charge on any atom is -0.378 e. The van der Waals surface area contributed by atoms with E-state index in [-0.39, 0.29) is 11.5 Å². The van der Waals surface area contributed by atoms with E-state index in [9.17, 15) is 14.4 Å². The van der Waals surface area contributed by atoms with Crippen LogP contribution in [-0.4, -0.2) is 57.9 Å². The van der Waals surface area contributed by atoms with Gasteiger partial charge in [0.15, 0.2) is 6.29 Å². The standard InChI is InChI=1S/C22H21N5O4/c1-26-13-16(18-4-5-23-11-17(18)14-28)10-19(22(26)30)25-20-3-2-15(12-24-20)21(29)27-6-8-31-9-7-27/h2-5,10-14H,6-9H2,1H3,(H,24,25). The van der Waals surface area contributed by atoms with E-state index in [1.807, 2.05) is 0 Å². The Morgan fingerprint density at radius 3 is 2.71 bits per heavy atom. The van der Waals surface area contributed by atoms with Crippen molar-refractivity contribution in [2.24, 2.45) is 7.05 Å². The quantitative estimate of drug-likeness (QED) is 0.629. The molecule has 1 aliphatic heterocycles. The molecule has 0 saturated carbocycles. The van der Waals surface area contributed by atoms with Crippen molar-refractivity contribution in [2.45, 2.75) is 0 Å². The van der Waals surface area contributed by atoms with Gasteiger partial charge in [-0.15, -0.1) is 0 Å². The van der Waals surface area contributed by atoms with Crippen LogP contribution in [0.1, 0.15) is 20.7 Å². The summed E-state index contributed by atoms with van der Waals surface area (Å²) in [5.74, 6) is 0.331. The molecule has 4 heterocycles. The minimum atomic E-state index is -0.249. The number of carbonyl (C=O) groups excluding carboxylic acids is 2. The van der Waals surface area contributed by atoms with Crippen LogP contribution in [0.2, 0.25) is 0 Å². The average Bonchev–Trinajstić information content (AvgIpc) is 2.82. The fraction of sp³-hybridized carbons (Fsp3) is 0.227. The van der Waals surface area contributed by atoms with Crippen LogP contribution >= 0.6 is 0 Å². The maximum Gasteiger partial charge on any atom is 0.274 e. The monoisotopic (exact) mass is 419 g/mol. The fourth-order valence-electron chi connectivity index (χ4n) is 3.39. The van der Waals surface area contributed by atoms with E-state index in [4.69, 9.17) is 4.74 Å². The van der Waals surface area contributed by atoms with Crippen LogP contribution in [0.25, 0.3) is 11.1 Å². The number of hydrogen-bond acceptors (Lipinski definition) is 7. The molecule has 0 aliphatic carbocycles. The van der Waals surface area contributed by atoms with Crippen molar-refractivity contribution in [3.05, 3.63) is 70.5 Å². The molecule has 1 saturated heterocycles. The summed E-state index contributed by atoms with van der Waals surface area (Å²) < 4.78 is 6.71. The van der Waals surface area contributed by atoms with Crippen LogP contribution in [0.15, 0.2) is 53.8 Å². The predicted octanol–water partition coefficient (Wildman–Crippen LogP) is 1.87. The Balaban J connectivity index is 1.59. The van der Waals surface area contributed by atoms with Crippen LogP contribution in [0.4, 0.5) is 11.5 Å². The van der Waals surface area contributed by atoms with E-state index in [0.717, 1.165) is 6.29 Å². The second-order valence-electron chi connectivity index (χ2n) is 7.10. The number of carbonyl (C=O) groups is 2. The van der Waals surface area contributed by atoms with Gasteiger partial charge in [-0.25, -0.2) is 4.98 Å². The number of nitrogens with zero attached hydrogens (tertiary/aromatic N) is 4. The van der Waals surface area contributed by atoms with Gasteiger partial charge in [0.05, 0.1) is 18.8 Å². The van der Waals surface area contributed by atoms with Gasteiger partial charge < -0.3 is 19.5 Å². The molecule has 1 fully saturated rings. The highest BCUT2D eigenvalue weighted by molar-refractivity contribution is 5.94. The first-order valence-corrected chi connectivity index (χ1v) is 9.77. The molecule has 1 amide bonds. The highest BCUT2D eigenvalue weighted by Gasteiger charge is 2.19. The van der Waals surface area contributed by atoms with Gasteiger partial charge in [0.25, 0.3) is 11.5 Å². The van der Waals surface area contributed by atoms with E-state index in [0.29, 0.717) is 60.1 Å². The molecule has 1 N–H and O–H groups in total. The third kappa shape index (κ3) is 4.36. The number of anilines is 2. The molecule has 3 aromatic heterocycles. The Hall–Kier alpha value is -3.85. The average molecular weight is 419 g/mol. The van der Waals surface area contributed by atoms with Crippen LogP contribution < -0.4 is 10.9 Å². The lowest BCUT2D eigenvalue weighted by Gasteiger charge is -2.26. The summed E-state index contributed by atoms with van der Waals surface area (Å²) in [4.78, 5) is 46.5. The molecule has 0 unspecified atom stereocenters. The van der Waals surface area contributed by atoms with Gasteiger partial charge in [-0.3, -0.25) is 19.4 Å². The maximum absolute atomic E-state index is 12.6. The highest BCUT2D eigenvalue weighted by Crippen LogP contribution is 2.24. The van der Waals surface area contributed by atoms with Gasteiger partial charge in [0.1, 0.15) is 11.5 Å². The van der Waals surface area contributed by atoms with Crippen LogP contribution in [0.3, 0.4) is 0 Å². The second kappa shape index (κ2) is 8.88. The summed E-state index contributed by atoms with van der Waals surface area (Å²) in [6.45, 7) is 2.17. The van der Waals surface area contributed by atoms with Crippen molar-refractivity contribution in [3.8, 4) is 11.1 Å². The number of ether oxygens (including phenoxy) is 1. The van der Waals surface area contributed by atoms with Crippen molar-refractivity contribution in [1.29, 1.82) is 0 Å². The number of aldehydes is 1. The predicted molar refractivity (Wildman–Crippen MR) is 115 cm³/mol. The SMILES string of the molecule is Cn1cc(-c2ccncc2C=O)cc(Nc2ccc(C(=O)N3CCOCC3)cn2)c1=O. The normalized spacial score (nSPS) is 13.6. The van der Waals surface area contributed by atoms with E-state index >= 15 is 0 Å². The smallest absolute Gasteiger partial charge is 0.274 e. The Bertz CT molecular complexity index is 1170. The van der Waals surface area contributed by atoms with E-state index in [2.05, 4.69) is 15.3 Å². The maximum atomic E-state index is 12.6. The zero-order valence-electron chi connectivity index (χ0n) is 16.9. The van der Waals surface area contributed by atoms with Crippen LogP contribution in [0.5, 0.6) is 0 Å². The van der Waals surface area contributed by atoms with Crippen molar-refractivity contribution < 1.29 is 14.3 Å². The van der Waals surface area contributed by atoms with Gasteiger partial charge >= 0.3 is 0 Å². The highest BCUT2D eigenvalue weighted by atomic mass is 16.5. The molecule has 0 aromatic carbocycles. The Morgan fingerprint density at radius 2 is 2.00 bits per heavy atom. The topological polar surface area (TPSA) is 106 Å². The summed E-state index contributed by atoms with van der Waals surface area (Å²) >= 11 is 0. The molecule has 0 spiro atoms. The molecule has 158 valence electrons. The van der Waals surface area contributed by atoms with Gasteiger partial charge in [-0.05, 0) is 29.8 Å². The van der Waals surface area contributed by atoms with Crippen molar-refractivity contribution in [2.75, 3.05) is 31.6 Å². The molecular formula is C22H21N5O4. The minimum absolute atomic E-state index is 0.0978. The lowest BCUT2D eigenvalue weighted by molar-refractivity contribution is 0.0302. The molecular weight excluding hydrogens is 398 g/mol. The molecule has 9 heteroatoms. The molecule has 4 rings (SSSR count). The number of aromatic nitrogens is 3. The van der Waals surface area contributed by atoms with Crippen molar-refractivity contribution >= 4 is 23.7 Å². The van der Waals surface area contributed by atoms with Gasteiger partial charge in [-0.2, -0.15) is 0 Å². The Labute approximate surface area is 178 Å². The molecule has 31 heavy (non-hydrogen) atoms. The Kier molecular flexibility index (Phi) is 5.85. The molecule has 1 aliphatic rings. The number of nitrogens with one attached hydrogen (secondary N) is 1. The zero-order chi connectivity index (χ0) is 21.8. The number of aryl methyl sites for hydroxylation is 1. The summed E-state index contributed by atoms with van der Waals surface area (Å²) in [7, 11) is 1.64. The number of amides is 1. The molecule has 0 atom stereocenters. The molecule has 0 bridgehead atoms. The third-order valence-corrected chi connectivity index (χ3v) is 5.04. The summed E-state index contributed by atoms with van der Waals surface area (Å²) in [6, 6.07) is 6.72. The van der Waals surface area contributed by atoms with E-state index < -0.39 is 0 Å². The number of rotatable bonds is 5. The molecule has 0 radical (unpaired) electrons. The van der Waals surface area contributed by atoms with Gasteiger partial charge in [-0.1, -0.05) is 0 Å². The zero-order valence-corrected chi connectivity index (χ0v) is 16.9. The van der Waals surface area contributed by atoms with Gasteiger partial charge in [0, 0.05) is 56.1 Å². The van der Waals surface area contributed by atoms with Crippen LogP contribution in [-0.2, 0) is 11.8 Å². The number of pyridine rings is 3. The molecule has 9 nitrogen and oxygen atoms in total. The number of hydrogen-bond donors (Lipinski definition) is 1.